The van der Waals surface area contributed by atoms with Crippen molar-refractivity contribution in [3.8, 4) is 11.5 Å². The minimum absolute atomic E-state index is 0.0940. The monoisotopic (exact) mass is 532 g/mol. The third-order valence-electron chi connectivity index (χ3n) is 7.09. The molecular formula is C33H40O6. The van der Waals surface area contributed by atoms with Crippen LogP contribution in [0.4, 0.5) is 0 Å². The van der Waals surface area contributed by atoms with E-state index in [2.05, 4.69) is 27.4 Å². The number of hydrogen-bond acceptors (Lipinski definition) is 6. The highest BCUT2D eigenvalue weighted by atomic mass is 16.5. The molecule has 0 saturated heterocycles. The lowest BCUT2D eigenvalue weighted by Gasteiger charge is -2.30. The van der Waals surface area contributed by atoms with Crippen LogP contribution in [-0.2, 0) is 14.3 Å². The quantitative estimate of drug-likeness (QED) is 0.117. The van der Waals surface area contributed by atoms with Gasteiger partial charge in [-0.15, -0.1) is 0 Å². The summed E-state index contributed by atoms with van der Waals surface area (Å²) >= 11 is 0. The summed E-state index contributed by atoms with van der Waals surface area (Å²) < 4.78 is 16.2. The molecule has 2 aromatic carbocycles. The number of allylic oxidation sites excluding steroid dienone is 1. The first-order valence-electron chi connectivity index (χ1n) is 13.9. The lowest BCUT2D eigenvalue weighted by atomic mass is 9.73. The van der Waals surface area contributed by atoms with Crippen molar-refractivity contribution in [3.63, 3.8) is 0 Å². The lowest BCUT2D eigenvalue weighted by Crippen LogP contribution is -2.30. The first-order valence-corrected chi connectivity index (χ1v) is 13.9. The summed E-state index contributed by atoms with van der Waals surface area (Å²) in [5.74, 6) is 1.25. The van der Waals surface area contributed by atoms with E-state index in [-0.39, 0.29) is 23.6 Å². The Bertz CT molecular complexity index is 1140. The second kappa shape index (κ2) is 15.1. The fourth-order valence-corrected chi connectivity index (χ4v) is 4.67. The molecule has 208 valence electrons. The minimum Gasteiger partial charge on any atom is -0.494 e. The summed E-state index contributed by atoms with van der Waals surface area (Å²) in [6.07, 6.45) is 8.75. The highest BCUT2D eigenvalue weighted by Crippen LogP contribution is 2.35. The minimum atomic E-state index is -0.444. The fourth-order valence-electron chi connectivity index (χ4n) is 4.67. The summed E-state index contributed by atoms with van der Waals surface area (Å²) in [4.78, 5) is 36.5. The fraction of sp³-hybridized carbons (Fsp3) is 0.424. The number of Topliss-reactive ketones (excluding diaryl/α,β-unsaturated/α-hetero) is 1. The van der Waals surface area contributed by atoms with Gasteiger partial charge in [0.25, 0.3) is 0 Å². The Kier molecular flexibility index (Phi) is 11.5. The van der Waals surface area contributed by atoms with Gasteiger partial charge in [0.15, 0.2) is 5.78 Å². The Balaban J connectivity index is 1.44. The van der Waals surface area contributed by atoms with Crippen LogP contribution >= 0.6 is 0 Å². The van der Waals surface area contributed by atoms with E-state index in [4.69, 9.17) is 14.2 Å². The number of carbonyl (C=O) groups excluding carboxylic acids is 3. The predicted octanol–water partition coefficient (Wildman–Crippen LogP) is 7.23. The topological polar surface area (TPSA) is 78.9 Å². The number of hydrogen-bond donors (Lipinski definition) is 0. The van der Waals surface area contributed by atoms with Gasteiger partial charge in [0.2, 0.25) is 0 Å². The highest BCUT2D eigenvalue weighted by molar-refractivity contribution is 6.02. The maximum atomic E-state index is 13.0. The molecule has 2 aromatic rings. The molecule has 0 spiro atoms. The van der Waals surface area contributed by atoms with Gasteiger partial charge in [-0.1, -0.05) is 39.5 Å². The largest absolute Gasteiger partial charge is 0.494 e. The molecule has 0 aromatic heterocycles. The number of ether oxygens (including phenoxy) is 3. The van der Waals surface area contributed by atoms with Crippen LogP contribution in [0, 0.1) is 17.8 Å². The predicted molar refractivity (Wildman–Crippen MR) is 153 cm³/mol. The van der Waals surface area contributed by atoms with Gasteiger partial charge in [-0.05, 0) is 104 Å². The maximum absolute atomic E-state index is 13.0. The molecular weight excluding hydrogens is 492 g/mol. The van der Waals surface area contributed by atoms with E-state index >= 15 is 0 Å². The van der Waals surface area contributed by atoms with Crippen molar-refractivity contribution >= 4 is 23.8 Å². The third kappa shape index (κ3) is 9.24. The Morgan fingerprint density at radius 1 is 0.923 bits per heavy atom. The Labute approximate surface area is 232 Å². The van der Waals surface area contributed by atoms with Gasteiger partial charge < -0.3 is 14.2 Å². The molecule has 1 aliphatic rings. The van der Waals surface area contributed by atoms with Crippen LogP contribution in [0.25, 0.3) is 6.08 Å². The Morgan fingerprint density at radius 3 is 2.21 bits per heavy atom. The zero-order valence-electron chi connectivity index (χ0n) is 23.3. The van der Waals surface area contributed by atoms with Crippen molar-refractivity contribution in [2.45, 2.75) is 59.3 Å². The summed E-state index contributed by atoms with van der Waals surface area (Å²) in [6, 6.07) is 14.1. The van der Waals surface area contributed by atoms with E-state index in [0.717, 1.165) is 49.7 Å². The van der Waals surface area contributed by atoms with Gasteiger partial charge in [-0.2, -0.15) is 0 Å². The molecule has 0 aliphatic heterocycles. The zero-order chi connectivity index (χ0) is 28.2. The van der Waals surface area contributed by atoms with Crippen molar-refractivity contribution in [1.29, 1.82) is 0 Å². The van der Waals surface area contributed by atoms with Crippen LogP contribution in [0.1, 0.15) is 75.2 Å². The van der Waals surface area contributed by atoms with E-state index in [1.54, 1.807) is 36.4 Å². The van der Waals surface area contributed by atoms with Gasteiger partial charge in [0, 0.05) is 12.0 Å². The van der Waals surface area contributed by atoms with Crippen molar-refractivity contribution in [1.82, 2.24) is 0 Å². The van der Waals surface area contributed by atoms with Crippen LogP contribution in [0.5, 0.6) is 11.5 Å². The van der Waals surface area contributed by atoms with Crippen LogP contribution in [-0.4, -0.2) is 30.9 Å². The molecule has 0 amide bonds. The van der Waals surface area contributed by atoms with E-state index in [1.807, 2.05) is 18.2 Å². The molecule has 0 heterocycles. The first-order chi connectivity index (χ1) is 18.8. The molecule has 39 heavy (non-hydrogen) atoms. The Morgan fingerprint density at radius 2 is 1.56 bits per heavy atom. The second-order valence-corrected chi connectivity index (χ2v) is 10.4. The van der Waals surface area contributed by atoms with Crippen LogP contribution in [0.2, 0.25) is 0 Å². The molecule has 0 bridgehead atoms. The molecule has 6 heteroatoms. The van der Waals surface area contributed by atoms with E-state index in [9.17, 15) is 14.4 Å². The average molecular weight is 533 g/mol. The summed E-state index contributed by atoms with van der Waals surface area (Å²) in [5.41, 5.74) is 2.24. The molecule has 1 fully saturated rings. The molecule has 2 atom stereocenters. The average Bonchev–Trinajstić information content (AvgIpc) is 2.93. The van der Waals surface area contributed by atoms with Crippen LogP contribution in [0.3, 0.4) is 0 Å². The van der Waals surface area contributed by atoms with Crippen molar-refractivity contribution in [2.24, 2.45) is 17.8 Å². The highest BCUT2D eigenvalue weighted by Gasteiger charge is 2.32. The summed E-state index contributed by atoms with van der Waals surface area (Å²) in [5, 5.41) is 0. The van der Waals surface area contributed by atoms with Gasteiger partial charge in [-0.3, -0.25) is 4.79 Å². The first kappa shape index (κ1) is 29.9. The van der Waals surface area contributed by atoms with E-state index in [0.29, 0.717) is 36.2 Å². The molecule has 0 N–H and O–H groups in total. The van der Waals surface area contributed by atoms with Gasteiger partial charge in [-0.25, -0.2) is 9.59 Å². The molecule has 1 saturated carbocycles. The van der Waals surface area contributed by atoms with Crippen molar-refractivity contribution < 1.29 is 28.6 Å². The van der Waals surface area contributed by atoms with Crippen molar-refractivity contribution in [2.75, 3.05) is 13.2 Å². The van der Waals surface area contributed by atoms with Gasteiger partial charge >= 0.3 is 11.9 Å². The number of unbranched alkanes of at least 4 members (excludes halogenated alkanes) is 3. The van der Waals surface area contributed by atoms with Crippen molar-refractivity contribution in [3.05, 3.63) is 77.9 Å². The SMILES string of the molecule is C=CC(=O)OCCCCCCOc1ccc(C(=O)Oc2ccc(/C=C3/C(=O)C(C(C)C)CCC3C)cc2)cc1. The smallest absolute Gasteiger partial charge is 0.343 e. The third-order valence-corrected chi connectivity index (χ3v) is 7.09. The lowest BCUT2D eigenvalue weighted by molar-refractivity contribution is -0.137. The molecule has 0 radical (unpaired) electrons. The van der Waals surface area contributed by atoms with Crippen LogP contribution < -0.4 is 9.47 Å². The normalized spacial score (nSPS) is 18.2. The Hall–Kier alpha value is -3.67. The van der Waals surface area contributed by atoms with Crippen LogP contribution in [0.15, 0.2) is 66.8 Å². The number of carbonyl (C=O) groups is 3. The number of esters is 2. The number of ketones is 1. The maximum Gasteiger partial charge on any atom is 0.343 e. The molecule has 3 rings (SSSR count). The number of rotatable bonds is 13. The zero-order valence-corrected chi connectivity index (χ0v) is 23.3. The molecule has 6 nitrogen and oxygen atoms in total. The van der Waals surface area contributed by atoms with Gasteiger partial charge in [0.1, 0.15) is 11.5 Å². The van der Waals surface area contributed by atoms with E-state index in [1.165, 1.54) is 6.08 Å². The molecule has 2 unspecified atom stereocenters. The van der Waals surface area contributed by atoms with E-state index < -0.39 is 5.97 Å². The molecule has 1 aliphatic carbocycles. The second-order valence-electron chi connectivity index (χ2n) is 10.4. The number of benzene rings is 2. The summed E-state index contributed by atoms with van der Waals surface area (Å²) in [7, 11) is 0. The summed E-state index contributed by atoms with van der Waals surface area (Å²) in [6.45, 7) is 10.7. The standard InChI is InChI=1S/C33H40O6/c1-5-31(34)38-21-9-7-6-8-20-37-27-17-13-26(14-18-27)33(36)39-28-15-11-25(12-16-28)22-30-24(4)10-19-29(23(2)3)32(30)35/h5,11-18,22-24,29H,1,6-10,19-21H2,2-4H3/b30-22+. The van der Waals surface area contributed by atoms with Gasteiger partial charge in [0.05, 0.1) is 18.8 Å².